The van der Waals surface area contributed by atoms with Crippen LogP contribution < -0.4 is 16.5 Å². The smallest absolute Gasteiger partial charge is 0.408 e. The topological polar surface area (TPSA) is 136 Å². The predicted molar refractivity (Wildman–Crippen MR) is 124 cm³/mol. The number of hydrogen-bond donors (Lipinski definition) is 3. The Kier molecular flexibility index (Phi) is 8.06. The van der Waals surface area contributed by atoms with E-state index in [4.69, 9.17) is 10.6 Å². The molecule has 35 heavy (non-hydrogen) atoms. The summed E-state index contributed by atoms with van der Waals surface area (Å²) in [6.07, 6.45) is 2.84. The molecular formula is C22H32F3N7O3. The number of rotatable bonds is 10. The number of nitrogens with zero attached hydrogens (tertiary/aromatic N) is 4. The number of aromatic nitrogens is 2. The van der Waals surface area contributed by atoms with E-state index in [-0.39, 0.29) is 24.1 Å². The van der Waals surface area contributed by atoms with E-state index in [0.717, 1.165) is 31.9 Å². The van der Waals surface area contributed by atoms with Gasteiger partial charge in [-0.3, -0.25) is 14.5 Å². The number of aliphatic imine (C=N–C) groups is 1. The molecule has 13 heteroatoms. The quantitative estimate of drug-likeness (QED) is 0.258. The van der Waals surface area contributed by atoms with Crippen LogP contribution in [0.15, 0.2) is 22.5 Å². The standard InChI is InChI=1S/C22H32F3N7O3/c1-21(2,3)35-20(34)30-18(17(13-4-5-13)14-6-7-14)19(33)29-15-9-28-32(10-15)11-16(31-26)8-27-12-22(23,24)25/h8-10,13-14,17-18H,4-7,11-12,26H2,1-3H3,(H,29,33)(H,30,34)/b27-8?,31-16+. The minimum atomic E-state index is -4.43. The molecule has 0 aliphatic heterocycles. The van der Waals surface area contributed by atoms with Crippen molar-refractivity contribution in [2.24, 2.45) is 33.7 Å². The first-order valence-corrected chi connectivity index (χ1v) is 11.5. The van der Waals surface area contributed by atoms with Crippen LogP contribution in [0.4, 0.5) is 23.7 Å². The lowest BCUT2D eigenvalue weighted by atomic mass is 9.89. The van der Waals surface area contributed by atoms with Crippen LogP contribution in [0.2, 0.25) is 0 Å². The van der Waals surface area contributed by atoms with E-state index in [2.05, 4.69) is 25.8 Å². The molecule has 2 amide bonds. The number of carbonyl (C=O) groups is 2. The lowest BCUT2D eigenvalue weighted by Gasteiger charge is -2.28. The van der Waals surface area contributed by atoms with Crippen molar-refractivity contribution < 1.29 is 27.5 Å². The fraction of sp³-hybridized carbons (Fsp3) is 0.682. The van der Waals surface area contributed by atoms with E-state index < -0.39 is 30.5 Å². The first kappa shape index (κ1) is 26.5. The summed E-state index contributed by atoms with van der Waals surface area (Å²) < 4.78 is 43.6. The summed E-state index contributed by atoms with van der Waals surface area (Å²) in [5, 5.41) is 13.1. The molecule has 2 aliphatic carbocycles. The number of hydrazone groups is 1. The number of carbonyl (C=O) groups excluding carboxylic acids is 2. The first-order chi connectivity index (χ1) is 16.3. The molecule has 0 aromatic carbocycles. The van der Waals surface area contributed by atoms with Gasteiger partial charge in [-0.1, -0.05) is 0 Å². The van der Waals surface area contributed by atoms with Crippen LogP contribution in [0.25, 0.3) is 0 Å². The Balaban J connectivity index is 1.66. The van der Waals surface area contributed by atoms with E-state index >= 15 is 0 Å². The Morgan fingerprint density at radius 1 is 1.26 bits per heavy atom. The molecule has 3 rings (SSSR count). The van der Waals surface area contributed by atoms with Gasteiger partial charge >= 0.3 is 12.3 Å². The second-order valence-electron chi connectivity index (χ2n) is 10.00. The van der Waals surface area contributed by atoms with Crippen LogP contribution in [0.3, 0.4) is 0 Å². The Morgan fingerprint density at radius 3 is 2.40 bits per heavy atom. The largest absolute Gasteiger partial charge is 0.444 e. The molecule has 0 saturated heterocycles. The van der Waals surface area contributed by atoms with Crippen molar-refractivity contribution in [2.45, 2.75) is 70.8 Å². The number of alkyl carbamates (subject to hydrolysis) is 1. The number of ether oxygens (including phenoxy) is 1. The van der Waals surface area contributed by atoms with E-state index in [1.165, 1.54) is 17.1 Å². The zero-order chi connectivity index (χ0) is 25.8. The predicted octanol–water partition coefficient (Wildman–Crippen LogP) is 3.10. The first-order valence-electron chi connectivity index (χ1n) is 11.5. The second kappa shape index (κ2) is 10.6. The average Bonchev–Trinajstić information content (AvgIpc) is 3.65. The highest BCUT2D eigenvalue weighted by Crippen LogP contribution is 2.50. The van der Waals surface area contributed by atoms with Crippen molar-refractivity contribution in [3.63, 3.8) is 0 Å². The van der Waals surface area contributed by atoms with E-state index in [1.54, 1.807) is 20.8 Å². The maximum atomic E-state index is 13.3. The van der Waals surface area contributed by atoms with Crippen molar-refractivity contribution in [3.8, 4) is 0 Å². The highest BCUT2D eigenvalue weighted by atomic mass is 19.4. The number of nitrogens with two attached hydrogens (primary N) is 1. The van der Waals surface area contributed by atoms with Gasteiger partial charge in [0.15, 0.2) is 0 Å². The lowest BCUT2D eigenvalue weighted by molar-refractivity contribution is -0.120. The third kappa shape index (κ3) is 8.87. The number of nitrogens with one attached hydrogen (secondary N) is 2. The van der Waals surface area contributed by atoms with Crippen molar-refractivity contribution in [3.05, 3.63) is 12.4 Å². The minimum absolute atomic E-state index is 0.0263. The molecule has 2 aliphatic rings. The molecule has 2 fully saturated rings. The molecule has 1 aromatic heterocycles. The van der Waals surface area contributed by atoms with Crippen LogP contribution in [-0.4, -0.2) is 58.1 Å². The number of hydrogen-bond acceptors (Lipinski definition) is 7. The number of amides is 2. The van der Waals surface area contributed by atoms with Crippen molar-refractivity contribution in [1.82, 2.24) is 15.1 Å². The van der Waals surface area contributed by atoms with Gasteiger partial charge < -0.3 is 21.2 Å². The molecule has 4 N–H and O–H groups in total. The molecule has 0 bridgehead atoms. The zero-order valence-electron chi connectivity index (χ0n) is 20.0. The molecule has 1 unspecified atom stereocenters. The highest BCUT2D eigenvalue weighted by molar-refractivity contribution is 6.30. The molecule has 1 aromatic rings. The molecule has 1 heterocycles. The average molecular weight is 500 g/mol. The summed E-state index contributed by atoms with van der Waals surface area (Å²) in [5.74, 6) is 5.66. The van der Waals surface area contributed by atoms with Gasteiger partial charge in [-0.15, -0.1) is 0 Å². The molecular weight excluding hydrogens is 467 g/mol. The van der Waals surface area contributed by atoms with Gasteiger partial charge in [0.1, 0.15) is 18.2 Å². The summed E-state index contributed by atoms with van der Waals surface area (Å²) in [6, 6.07) is -0.760. The monoisotopic (exact) mass is 499 g/mol. The number of anilines is 1. The van der Waals surface area contributed by atoms with Gasteiger partial charge in [0.05, 0.1) is 24.1 Å². The van der Waals surface area contributed by atoms with Gasteiger partial charge in [0, 0.05) is 12.4 Å². The van der Waals surface area contributed by atoms with Crippen LogP contribution in [0.5, 0.6) is 0 Å². The molecule has 0 radical (unpaired) electrons. The second-order valence-corrected chi connectivity index (χ2v) is 10.00. The van der Waals surface area contributed by atoms with Gasteiger partial charge in [0.25, 0.3) is 0 Å². The van der Waals surface area contributed by atoms with Gasteiger partial charge in [0.2, 0.25) is 5.91 Å². The van der Waals surface area contributed by atoms with Crippen LogP contribution in [0, 0.1) is 17.8 Å². The fourth-order valence-electron chi connectivity index (χ4n) is 3.93. The van der Waals surface area contributed by atoms with Gasteiger partial charge in [-0.05, 0) is 64.2 Å². The summed E-state index contributed by atoms with van der Waals surface area (Å²) in [5.41, 5.74) is -0.269. The number of alkyl halides is 3. The van der Waals surface area contributed by atoms with E-state index in [0.29, 0.717) is 17.5 Å². The third-order valence-electron chi connectivity index (χ3n) is 5.57. The summed E-state index contributed by atoms with van der Waals surface area (Å²) >= 11 is 0. The molecule has 0 spiro atoms. The summed E-state index contributed by atoms with van der Waals surface area (Å²) in [4.78, 5) is 29.0. The highest BCUT2D eigenvalue weighted by Gasteiger charge is 2.48. The van der Waals surface area contributed by atoms with Crippen molar-refractivity contribution in [2.75, 3.05) is 11.9 Å². The Morgan fingerprint density at radius 2 is 1.89 bits per heavy atom. The number of halogens is 3. The normalized spacial score (nSPS) is 18.1. The van der Waals surface area contributed by atoms with Crippen LogP contribution in [0.1, 0.15) is 46.5 Å². The Hall–Kier alpha value is -3.12. The molecule has 2 saturated carbocycles. The Bertz CT molecular complexity index is 948. The molecule has 10 nitrogen and oxygen atoms in total. The third-order valence-corrected chi connectivity index (χ3v) is 5.57. The van der Waals surface area contributed by atoms with Crippen LogP contribution >= 0.6 is 0 Å². The van der Waals surface area contributed by atoms with E-state index in [1.807, 2.05) is 0 Å². The van der Waals surface area contributed by atoms with E-state index in [9.17, 15) is 22.8 Å². The lowest BCUT2D eigenvalue weighted by Crippen LogP contribution is -2.51. The minimum Gasteiger partial charge on any atom is -0.444 e. The van der Waals surface area contributed by atoms with Crippen LogP contribution in [-0.2, 0) is 16.1 Å². The van der Waals surface area contributed by atoms with Crippen molar-refractivity contribution in [1.29, 1.82) is 0 Å². The Labute approximate surface area is 201 Å². The maximum Gasteiger partial charge on any atom is 0.408 e. The van der Waals surface area contributed by atoms with Crippen molar-refractivity contribution >= 4 is 29.6 Å². The SMILES string of the molecule is CC(C)(C)OC(=O)NC(C(=O)Nc1cnn(C/C(C=NCC(F)(F)F)=N/N)c1)C(C1CC1)C1CC1. The molecule has 1 atom stereocenters. The maximum absolute atomic E-state index is 13.3. The van der Waals surface area contributed by atoms with Gasteiger partial charge in [-0.25, -0.2) is 4.79 Å². The zero-order valence-corrected chi connectivity index (χ0v) is 20.0. The fourth-order valence-corrected chi connectivity index (χ4v) is 3.93. The van der Waals surface area contributed by atoms with Gasteiger partial charge in [-0.2, -0.15) is 23.4 Å². The summed E-state index contributed by atoms with van der Waals surface area (Å²) in [6.45, 7) is 3.87. The molecule has 194 valence electrons. The summed E-state index contributed by atoms with van der Waals surface area (Å²) in [7, 11) is 0.